The maximum atomic E-state index is 14.2. The third-order valence-corrected chi connectivity index (χ3v) is 5.53. The van der Waals surface area contributed by atoms with E-state index in [0.29, 0.717) is 19.2 Å². The average Bonchev–Trinajstić information content (AvgIpc) is 3.28. The Labute approximate surface area is 191 Å². The molecular weight excluding hydrogens is 473 g/mol. The largest absolute Gasteiger partial charge is 0.489 e. The maximum absolute atomic E-state index is 14.2. The van der Waals surface area contributed by atoms with Crippen molar-refractivity contribution in [3.63, 3.8) is 0 Å². The summed E-state index contributed by atoms with van der Waals surface area (Å²) in [6.45, 7) is 1.88. The number of rotatable bonds is 7. The van der Waals surface area contributed by atoms with Gasteiger partial charge in [-0.2, -0.15) is 22.0 Å². The number of hydrogen-bond acceptors (Lipinski definition) is 5. The summed E-state index contributed by atoms with van der Waals surface area (Å²) in [6.07, 6.45) is -2.90. The lowest BCUT2D eigenvalue weighted by molar-refractivity contribution is -0.289. The fraction of sp³-hybridized carbons (Fsp3) is 0.429. The normalized spacial score (nSPS) is 17.0. The number of hydrogen-bond donors (Lipinski definition) is 2. The maximum Gasteiger partial charge on any atom is 0.458 e. The number of aromatic nitrogens is 1. The molecule has 2 heterocycles. The molecule has 3 rings (SSSR count). The quantitative estimate of drug-likeness (QED) is 0.427. The zero-order chi connectivity index (χ0) is 24.4. The summed E-state index contributed by atoms with van der Waals surface area (Å²) in [4.78, 5) is 17.8. The number of pyridine rings is 1. The molecule has 6 nitrogen and oxygen atoms in total. The minimum Gasteiger partial charge on any atom is -0.489 e. The highest BCUT2D eigenvalue weighted by Gasteiger charge is 2.60. The van der Waals surface area contributed by atoms with Gasteiger partial charge >= 0.3 is 12.1 Å². The molecule has 0 radical (unpaired) electrons. The van der Waals surface area contributed by atoms with Crippen LogP contribution in [0.25, 0.3) is 0 Å². The molecule has 0 bridgehead atoms. The van der Waals surface area contributed by atoms with E-state index in [4.69, 9.17) is 16.3 Å². The van der Waals surface area contributed by atoms with Gasteiger partial charge in [0.25, 0.3) is 5.91 Å². The molecule has 180 valence electrons. The first kappa shape index (κ1) is 25.1. The Morgan fingerprint density at radius 3 is 2.48 bits per heavy atom. The van der Waals surface area contributed by atoms with Gasteiger partial charge in [-0.1, -0.05) is 11.6 Å². The molecular formula is C21H21ClF5N3O3. The summed E-state index contributed by atoms with van der Waals surface area (Å²) < 4.78 is 72.7. The molecule has 12 heteroatoms. The number of alkyl halides is 5. The second kappa shape index (κ2) is 9.40. The van der Waals surface area contributed by atoms with Crippen molar-refractivity contribution in [3.8, 4) is 5.75 Å². The summed E-state index contributed by atoms with van der Waals surface area (Å²) in [5.74, 6) is -6.80. The Morgan fingerprint density at radius 1 is 1.21 bits per heavy atom. The third kappa shape index (κ3) is 5.53. The molecule has 1 aromatic heterocycles. The van der Waals surface area contributed by atoms with Crippen LogP contribution in [0.5, 0.6) is 5.75 Å². The summed E-state index contributed by atoms with van der Waals surface area (Å²) in [5, 5.41) is 12.9. The first-order valence-electron chi connectivity index (χ1n) is 9.94. The predicted molar refractivity (Wildman–Crippen MR) is 111 cm³/mol. The average molecular weight is 494 g/mol. The lowest BCUT2D eigenvalue weighted by atomic mass is 10.1. The van der Waals surface area contributed by atoms with Crippen LogP contribution in [-0.2, 0) is 5.92 Å². The van der Waals surface area contributed by atoms with Gasteiger partial charge in [-0.25, -0.2) is 4.98 Å². The van der Waals surface area contributed by atoms with Crippen LogP contribution in [0, 0.1) is 0 Å². The Bertz CT molecular complexity index is 1010. The number of anilines is 1. The highest BCUT2D eigenvalue weighted by molar-refractivity contribution is 6.33. The van der Waals surface area contributed by atoms with E-state index < -0.39 is 41.7 Å². The zero-order valence-corrected chi connectivity index (χ0v) is 18.2. The minimum atomic E-state index is -5.88. The summed E-state index contributed by atoms with van der Waals surface area (Å²) in [7, 11) is 0. The predicted octanol–water partition coefficient (Wildman–Crippen LogP) is 4.82. The molecule has 2 N–H and O–H groups in total. The monoisotopic (exact) mass is 493 g/mol. The fourth-order valence-corrected chi connectivity index (χ4v) is 3.60. The van der Waals surface area contributed by atoms with E-state index >= 15 is 0 Å². The van der Waals surface area contributed by atoms with E-state index in [-0.39, 0.29) is 16.4 Å². The highest BCUT2D eigenvalue weighted by atomic mass is 35.5. The van der Waals surface area contributed by atoms with Crippen LogP contribution in [0.3, 0.4) is 0 Å². The number of nitrogens with zero attached hydrogens (tertiary/aromatic N) is 2. The molecule has 1 aromatic carbocycles. The van der Waals surface area contributed by atoms with E-state index in [0.717, 1.165) is 25.0 Å². The van der Waals surface area contributed by atoms with Crippen LogP contribution in [-0.4, -0.2) is 52.5 Å². The second-order valence-corrected chi connectivity index (χ2v) is 8.14. The van der Waals surface area contributed by atoms with E-state index in [2.05, 4.69) is 10.3 Å². The lowest BCUT2D eigenvalue weighted by Gasteiger charge is -2.34. The molecule has 1 aliphatic rings. The van der Waals surface area contributed by atoms with Crippen LogP contribution in [0.1, 0.15) is 35.7 Å². The topological polar surface area (TPSA) is 74.7 Å². The van der Waals surface area contributed by atoms with Crippen LogP contribution >= 0.6 is 11.6 Å². The lowest BCUT2D eigenvalue weighted by Crippen LogP contribution is -2.49. The minimum absolute atomic E-state index is 0.0247. The highest BCUT2D eigenvalue weighted by Crippen LogP contribution is 2.47. The number of amides is 1. The smallest absolute Gasteiger partial charge is 0.458 e. The molecule has 1 amide bonds. The molecule has 1 aliphatic heterocycles. The number of halogens is 6. The van der Waals surface area contributed by atoms with Crippen molar-refractivity contribution in [2.24, 2.45) is 0 Å². The van der Waals surface area contributed by atoms with E-state index in [9.17, 15) is 31.9 Å². The molecule has 1 atom stereocenters. The number of aliphatic hydroxyl groups is 1. The van der Waals surface area contributed by atoms with Gasteiger partial charge in [0.2, 0.25) is 0 Å². The van der Waals surface area contributed by atoms with Crippen LogP contribution in [0.15, 0.2) is 36.5 Å². The van der Waals surface area contributed by atoms with E-state index in [1.807, 2.05) is 0 Å². The number of carbonyl (C=O) groups is 1. The van der Waals surface area contributed by atoms with E-state index in [1.54, 1.807) is 4.90 Å². The van der Waals surface area contributed by atoms with Crippen molar-refractivity contribution in [3.05, 3.63) is 52.8 Å². The Kier molecular flexibility index (Phi) is 7.15. The summed E-state index contributed by atoms with van der Waals surface area (Å²) in [6, 6.07) is 5.07. The van der Waals surface area contributed by atoms with Gasteiger partial charge in [0.15, 0.2) is 0 Å². The molecule has 33 heavy (non-hydrogen) atoms. The first-order valence-corrected chi connectivity index (χ1v) is 10.3. The SMILES string of the molecule is CC(O)(COc1cc(NC(=O)c2cccnc2Cl)ccc1C(F)(F)C(F)(F)F)N1CCCC1. The number of nitrogens with one attached hydrogen (secondary N) is 1. The Morgan fingerprint density at radius 2 is 1.88 bits per heavy atom. The number of benzene rings is 1. The molecule has 1 unspecified atom stereocenters. The van der Waals surface area contributed by atoms with Crippen molar-refractivity contribution in [1.29, 1.82) is 0 Å². The molecule has 1 saturated heterocycles. The number of carbonyl (C=O) groups excluding carboxylic acids is 1. The molecule has 1 fully saturated rings. The second-order valence-electron chi connectivity index (χ2n) is 7.78. The van der Waals surface area contributed by atoms with E-state index in [1.165, 1.54) is 25.3 Å². The van der Waals surface area contributed by atoms with Gasteiger partial charge < -0.3 is 15.2 Å². The van der Waals surface area contributed by atoms with Crippen molar-refractivity contribution < 1.29 is 36.6 Å². The molecule has 2 aromatic rings. The van der Waals surface area contributed by atoms with Crippen molar-refractivity contribution >= 4 is 23.2 Å². The van der Waals surface area contributed by atoms with Gasteiger partial charge in [-0.05, 0) is 44.0 Å². The van der Waals surface area contributed by atoms with Crippen LogP contribution in [0.4, 0.5) is 27.6 Å². The number of ether oxygens (including phenoxy) is 1. The Balaban J connectivity index is 1.91. The molecule has 0 saturated carbocycles. The summed E-state index contributed by atoms with van der Waals surface area (Å²) >= 11 is 5.86. The van der Waals surface area contributed by atoms with Crippen LogP contribution in [0.2, 0.25) is 5.15 Å². The van der Waals surface area contributed by atoms with Gasteiger partial charge in [-0.15, -0.1) is 0 Å². The fourth-order valence-electron chi connectivity index (χ4n) is 3.39. The van der Waals surface area contributed by atoms with Gasteiger partial charge in [0.05, 0.1) is 11.1 Å². The number of likely N-dealkylation sites (tertiary alicyclic amines) is 1. The van der Waals surface area contributed by atoms with Crippen molar-refractivity contribution in [2.45, 2.75) is 37.6 Å². The third-order valence-electron chi connectivity index (χ3n) is 5.23. The van der Waals surface area contributed by atoms with Crippen LogP contribution < -0.4 is 10.1 Å². The van der Waals surface area contributed by atoms with Gasteiger partial charge in [0.1, 0.15) is 23.2 Å². The van der Waals surface area contributed by atoms with Crippen molar-refractivity contribution in [2.75, 3.05) is 25.0 Å². The first-order chi connectivity index (χ1) is 15.3. The summed E-state index contributed by atoms with van der Waals surface area (Å²) in [5.41, 5.74) is -3.17. The zero-order valence-electron chi connectivity index (χ0n) is 17.4. The Hall–Kier alpha value is -2.50. The molecule has 0 spiro atoms. The van der Waals surface area contributed by atoms with Gasteiger partial charge in [0, 0.05) is 31.0 Å². The van der Waals surface area contributed by atoms with Gasteiger partial charge in [-0.3, -0.25) is 9.69 Å². The molecule has 0 aliphatic carbocycles. The van der Waals surface area contributed by atoms with Crippen molar-refractivity contribution in [1.82, 2.24) is 9.88 Å². The standard InChI is InChI=1S/C21H21ClF5N3O3/c1-19(32,30-9-2-3-10-30)12-33-16-11-13(6-7-15(16)20(23,24)21(25,26)27)29-18(31)14-5-4-8-28-17(14)22/h4-8,11,32H,2-3,9-10,12H2,1H3,(H,29,31).